The number of carbonyl (C=O) groups excluding carboxylic acids is 1. The molecule has 0 bridgehead atoms. The van der Waals surface area contributed by atoms with Gasteiger partial charge in [-0.15, -0.1) is 0 Å². The highest BCUT2D eigenvalue weighted by molar-refractivity contribution is 5.76. The van der Waals surface area contributed by atoms with Crippen LogP contribution in [0, 0.1) is 17.6 Å². The van der Waals surface area contributed by atoms with Crippen LogP contribution < -0.4 is 4.90 Å². The Hall–Kier alpha value is -2.54. The summed E-state index contributed by atoms with van der Waals surface area (Å²) in [6.07, 6.45) is 5.37. The van der Waals surface area contributed by atoms with E-state index in [-0.39, 0.29) is 5.91 Å². The molecule has 1 amide bonds. The molecule has 166 valence electrons. The van der Waals surface area contributed by atoms with Gasteiger partial charge in [0, 0.05) is 63.5 Å². The number of hydrogen-bond acceptors (Lipinski definition) is 4. The lowest BCUT2D eigenvalue weighted by Crippen LogP contribution is -2.49. The lowest BCUT2D eigenvalue weighted by atomic mass is 9.92. The van der Waals surface area contributed by atoms with Gasteiger partial charge in [-0.05, 0) is 49.9 Å². The first-order chi connectivity index (χ1) is 15.1. The number of anilines is 1. The molecule has 0 saturated carbocycles. The fourth-order valence-corrected chi connectivity index (χ4v) is 4.63. The Morgan fingerprint density at radius 1 is 1.06 bits per heavy atom. The van der Waals surface area contributed by atoms with E-state index in [2.05, 4.69) is 14.8 Å². The van der Waals surface area contributed by atoms with Gasteiger partial charge >= 0.3 is 0 Å². The van der Waals surface area contributed by atoms with Crippen LogP contribution in [0.2, 0.25) is 0 Å². The summed E-state index contributed by atoms with van der Waals surface area (Å²) >= 11 is 0. The molecule has 0 aliphatic carbocycles. The Morgan fingerprint density at radius 2 is 1.90 bits per heavy atom. The molecule has 3 heterocycles. The number of amides is 1. The monoisotopic (exact) mass is 428 g/mol. The van der Waals surface area contributed by atoms with Gasteiger partial charge in [0.25, 0.3) is 0 Å². The summed E-state index contributed by atoms with van der Waals surface area (Å²) in [6, 6.07) is 9.69. The van der Waals surface area contributed by atoms with E-state index in [9.17, 15) is 13.6 Å². The van der Waals surface area contributed by atoms with Crippen LogP contribution in [0.3, 0.4) is 0 Å². The average molecular weight is 429 g/mol. The van der Waals surface area contributed by atoms with Crippen molar-refractivity contribution in [1.82, 2.24) is 14.8 Å². The van der Waals surface area contributed by atoms with E-state index in [1.165, 1.54) is 12.1 Å². The Kier molecular flexibility index (Phi) is 7.12. The zero-order valence-corrected chi connectivity index (χ0v) is 17.9. The van der Waals surface area contributed by atoms with E-state index in [0.717, 1.165) is 70.4 Å². The normalized spacial score (nSPS) is 20.1. The van der Waals surface area contributed by atoms with Crippen molar-refractivity contribution in [3.8, 4) is 0 Å². The highest BCUT2D eigenvalue weighted by Crippen LogP contribution is 2.24. The summed E-state index contributed by atoms with van der Waals surface area (Å²) in [4.78, 5) is 23.5. The molecule has 0 spiro atoms. The summed E-state index contributed by atoms with van der Waals surface area (Å²) in [7, 11) is 0. The van der Waals surface area contributed by atoms with Crippen molar-refractivity contribution in [2.45, 2.75) is 32.2 Å². The van der Waals surface area contributed by atoms with E-state index in [4.69, 9.17) is 0 Å². The predicted molar refractivity (Wildman–Crippen MR) is 117 cm³/mol. The van der Waals surface area contributed by atoms with E-state index in [1.54, 1.807) is 6.20 Å². The van der Waals surface area contributed by atoms with E-state index in [0.29, 0.717) is 24.4 Å². The number of piperidine rings is 1. The predicted octanol–water partition coefficient (Wildman–Crippen LogP) is 3.70. The maximum absolute atomic E-state index is 14.0. The van der Waals surface area contributed by atoms with Crippen LogP contribution in [0.15, 0.2) is 42.6 Å². The SMILES string of the molecule is O=C(CC[C@@H]1CCCN(Cc2ccc(F)cc2F)C1)N1CCN(c2ccccn2)CC1. The first-order valence-corrected chi connectivity index (χ1v) is 11.2. The highest BCUT2D eigenvalue weighted by atomic mass is 19.1. The fraction of sp³-hybridized carbons (Fsp3) is 0.500. The second-order valence-electron chi connectivity index (χ2n) is 8.57. The van der Waals surface area contributed by atoms with Gasteiger partial charge in [-0.1, -0.05) is 12.1 Å². The maximum Gasteiger partial charge on any atom is 0.222 e. The molecule has 1 atom stereocenters. The van der Waals surface area contributed by atoms with Crippen molar-refractivity contribution in [2.24, 2.45) is 5.92 Å². The number of nitrogens with zero attached hydrogens (tertiary/aromatic N) is 4. The lowest BCUT2D eigenvalue weighted by Gasteiger charge is -2.36. The molecule has 0 N–H and O–H groups in total. The van der Waals surface area contributed by atoms with Crippen LogP contribution in [0.5, 0.6) is 0 Å². The fourth-order valence-electron chi connectivity index (χ4n) is 4.63. The molecule has 2 saturated heterocycles. The van der Waals surface area contributed by atoms with Crippen LogP contribution in [0.1, 0.15) is 31.2 Å². The smallest absolute Gasteiger partial charge is 0.222 e. The summed E-state index contributed by atoms with van der Waals surface area (Å²) < 4.78 is 27.1. The molecule has 7 heteroatoms. The number of rotatable bonds is 6. The van der Waals surface area contributed by atoms with Crippen molar-refractivity contribution >= 4 is 11.7 Å². The van der Waals surface area contributed by atoms with Crippen LogP contribution in [0.25, 0.3) is 0 Å². The van der Waals surface area contributed by atoms with Gasteiger partial charge in [0.05, 0.1) is 0 Å². The largest absolute Gasteiger partial charge is 0.353 e. The van der Waals surface area contributed by atoms with Crippen molar-refractivity contribution in [1.29, 1.82) is 0 Å². The Balaban J connectivity index is 1.21. The summed E-state index contributed by atoms with van der Waals surface area (Å²) in [6.45, 7) is 5.35. The summed E-state index contributed by atoms with van der Waals surface area (Å²) in [5.41, 5.74) is 0.531. The summed E-state index contributed by atoms with van der Waals surface area (Å²) in [5.74, 6) is 0.604. The number of pyridine rings is 1. The third-order valence-electron chi connectivity index (χ3n) is 6.38. The minimum absolute atomic E-state index is 0.224. The second kappa shape index (κ2) is 10.2. The minimum Gasteiger partial charge on any atom is -0.353 e. The Labute approximate surface area is 182 Å². The molecular weight excluding hydrogens is 398 g/mol. The molecule has 2 aliphatic heterocycles. The third-order valence-corrected chi connectivity index (χ3v) is 6.38. The molecule has 5 nitrogen and oxygen atoms in total. The highest BCUT2D eigenvalue weighted by Gasteiger charge is 2.25. The van der Waals surface area contributed by atoms with Gasteiger partial charge in [0.1, 0.15) is 17.5 Å². The van der Waals surface area contributed by atoms with E-state index < -0.39 is 11.6 Å². The molecule has 2 aliphatic rings. The Morgan fingerprint density at radius 3 is 2.65 bits per heavy atom. The zero-order chi connectivity index (χ0) is 21.6. The van der Waals surface area contributed by atoms with E-state index in [1.807, 2.05) is 23.1 Å². The van der Waals surface area contributed by atoms with Gasteiger partial charge in [-0.2, -0.15) is 0 Å². The number of likely N-dealkylation sites (tertiary alicyclic amines) is 1. The van der Waals surface area contributed by atoms with Gasteiger partial charge in [0.15, 0.2) is 0 Å². The van der Waals surface area contributed by atoms with Crippen molar-refractivity contribution < 1.29 is 13.6 Å². The van der Waals surface area contributed by atoms with Gasteiger partial charge in [0.2, 0.25) is 5.91 Å². The standard InChI is InChI=1S/C24H30F2N4O/c25-21-8-7-20(22(26)16-21)18-28-11-3-4-19(17-28)6-9-24(31)30-14-12-29(13-15-30)23-5-1-2-10-27-23/h1-2,5,7-8,10,16,19H,3-4,6,9,11-15,17-18H2/t19-/m0/s1. The molecule has 4 rings (SSSR count). The molecular formula is C24H30F2N4O. The number of piperazine rings is 1. The number of hydrogen-bond donors (Lipinski definition) is 0. The van der Waals surface area contributed by atoms with Crippen molar-refractivity contribution in [3.05, 3.63) is 59.8 Å². The van der Waals surface area contributed by atoms with Crippen LogP contribution >= 0.6 is 0 Å². The molecule has 0 radical (unpaired) electrons. The number of aromatic nitrogens is 1. The van der Waals surface area contributed by atoms with Crippen LogP contribution in [-0.2, 0) is 11.3 Å². The minimum atomic E-state index is -0.544. The van der Waals surface area contributed by atoms with Crippen molar-refractivity contribution in [3.63, 3.8) is 0 Å². The number of carbonyl (C=O) groups is 1. The molecule has 31 heavy (non-hydrogen) atoms. The van der Waals surface area contributed by atoms with Crippen molar-refractivity contribution in [2.75, 3.05) is 44.2 Å². The maximum atomic E-state index is 14.0. The first kappa shape index (κ1) is 21.7. The van der Waals surface area contributed by atoms with Crippen LogP contribution in [0.4, 0.5) is 14.6 Å². The van der Waals surface area contributed by atoms with Crippen LogP contribution in [-0.4, -0.2) is 60.0 Å². The third kappa shape index (κ3) is 5.79. The van der Waals surface area contributed by atoms with Gasteiger partial charge in [-0.3, -0.25) is 9.69 Å². The van der Waals surface area contributed by atoms with Gasteiger partial charge < -0.3 is 9.80 Å². The quantitative estimate of drug-likeness (QED) is 0.704. The molecule has 1 aromatic heterocycles. The molecule has 2 fully saturated rings. The molecule has 2 aromatic rings. The second-order valence-corrected chi connectivity index (χ2v) is 8.57. The Bertz CT molecular complexity index is 871. The topological polar surface area (TPSA) is 39.7 Å². The first-order valence-electron chi connectivity index (χ1n) is 11.2. The van der Waals surface area contributed by atoms with E-state index >= 15 is 0 Å². The zero-order valence-electron chi connectivity index (χ0n) is 17.9. The molecule has 1 aromatic carbocycles. The number of benzene rings is 1. The number of halogens is 2. The molecule has 0 unspecified atom stereocenters. The lowest BCUT2D eigenvalue weighted by molar-refractivity contribution is -0.131. The average Bonchev–Trinajstić information content (AvgIpc) is 2.80. The van der Waals surface area contributed by atoms with Gasteiger partial charge in [-0.25, -0.2) is 13.8 Å². The summed E-state index contributed by atoms with van der Waals surface area (Å²) in [5, 5.41) is 0.